The van der Waals surface area contributed by atoms with E-state index in [0.29, 0.717) is 13.0 Å². The molecule has 0 radical (unpaired) electrons. The molecular formula is C13H23N5O. The van der Waals surface area contributed by atoms with E-state index in [0.717, 1.165) is 17.5 Å². The zero-order valence-electron chi connectivity index (χ0n) is 12.3. The lowest BCUT2D eigenvalue weighted by Gasteiger charge is -2.18. The maximum absolute atomic E-state index is 11.2. The second-order valence-corrected chi connectivity index (χ2v) is 5.31. The quantitative estimate of drug-likeness (QED) is 0.749. The van der Waals surface area contributed by atoms with Crippen LogP contribution in [0.25, 0.3) is 0 Å². The second kappa shape index (κ2) is 6.36. The van der Waals surface area contributed by atoms with Gasteiger partial charge in [0, 0.05) is 38.5 Å². The van der Waals surface area contributed by atoms with Crippen molar-refractivity contribution in [2.75, 3.05) is 31.3 Å². The summed E-state index contributed by atoms with van der Waals surface area (Å²) >= 11 is 0. The van der Waals surface area contributed by atoms with Crippen molar-refractivity contribution in [3.05, 3.63) is 11.9 Å². The van der Waals surface area contributed by atoms with E-state index in [1.165, 1.54) is 0 Å². The van der Waals surface area contributed by atoms with Gasteiger partial charge in [-0.05, 0) is 0 Å². The highest BCUT2D eigenvalue weighted by molar-refractivity contribution is 5.76. The Bertz CT molecular complexity index is 439. The third-order valence-corrected chi connectivity index (χ3v) is 2.59. The lowest BCUT2D eigenvalue weighted by atomic mass is 9.96. The van der Waals surface area contributed by atoms with Gasteiger partial charge < -0.3 is 16.0 Å². The number of rotatable bonds is 5. The van der Waals surface area contributed by atoms with E-state index in [-0.39, 0.29) is 11.3 Å². The fraction of sp³-hybridized carbons (Fsp3) is 0.615. The molecule has 3 N–H and O–H groups in total. The Morgan fingerprint density at radius 3 is 2.37 bits per heavy atom. The lowest BCUT2D eigenvalue weighted by Crippen LogP contribution is -2.22. The van der Waals surface area contributed by atoms with Gasteiger partial charge in [0.15, 0.2) is 0 Å². The van der Waals surface area contributed by atoms with Crippen molar-refractivity contribution in [2.45, 2.75) is 32.6 Å². The van der Waals surface area contributed by atoms with Crippen LogP contribution in [-0.2, 0) is 10.2 Å². The molecule has 0 spiro atoms. The Kier molecular flexibility index (Phi) is 5.09. The molecule has 0 aliphatic carbocycles. The topological polar surface area (TPSA) is 78.9 Å². The molecule has 0 fully saturated rings. The molecule has 0 bridgehead atoms. The molecule has 0 saturated carbocycles. The predicted molar refractivity (Wildman–Crippen MR) is 77.5 cm³/mol. The third-order valence-electron chi connectivity index (χ3n) is 2.59. The van der Waals surface area contributed by atoms with Gasteiger partial charge in [0.1, 0.15) is 17.5 Å². The number of aromatic nitrogens is 2. The normalized spacial score (nSPS) is 11.0. The monoisotopic (exact) mass is 265 g/mol. The number of carbonyl (C=O) groups excluding carboxylic acids is 1. The van der Waals surface area contributed by atoms with Crippen molar-refractivity contribution in [3.63, 3.8) is 0 Å². The maximum atomic E-state index is 11.2. The minimum atomic E-state index is -0.121. The summed E-state index contributed by atoms with van der Waals surface area (Å²) in [5.74, 6) is 2.27. The van der Waals surface area contributed by atoms with Crippen LogP contribution in [-0.4, -0.2) is 36.5 Å². The number of anilines is 2. The summed E-state index contributed by atoms with van der Waals surface area (Å²) in [6, 6.07) is 1.83. The number of carbonyl (C=O) groups is 1. The summed E-state index contributed by atoms with van der Waals surface area (Å²) in [4.78, 5) is 20.1. The Hall–Kier alpha value is -1.85. The van der Waals surface area contributed by atoms with Gasteiger partial charge in [-0.1, -0.05) is 20.8 Å². The van der Waals surface area contributed by atoms with Crippen LogP contribution >= 0.6 is 0 Å². The summed E-state index contributed by atoms with van der Waals surface area (Å²) in [6.07, 6.45) is 0.417. The first-order valence-corrected chi connectivity index (χ1v) is 6.38. The standard InChI is InChI=1S/C13H23N5O/c1-13(2,3)12-17-9(14-4)8-10(18-12)16-7-6-11(19)15-5/h8H,6-7H2,1-5H3,(H,15,19)(H2,14,16,17,18). The van der Waals surface area contributed by atoms with Crippen LogP contribution in [0.3, 0.4) is 0 Å². The van der Waals surface area contributed by atoms with Crippen LogP contribution in [0.2, 0.25) is 0 Å². The Morgan fingerprint density at radius 1 is 1.21 bits per heavy atom. The van der Waals surface area contributed by atoms with E-state index in [9.17, 15) is 4.79 Å². The average Bonchev–Trinajstić information content (AvgIpc) is 2.37. The zero-order chi connectivity index (χ0) is 14.5. The molecule has 0 aliphatic rings. The van der Waals surface area contributed by atoms with Crippen LogP contribution in [0.5, 0.6) is 0 Å². The lowest BCUT2D eigenvalue weighted by molar-refractivity contribution is -0.120. The zero-order valence-corrected chi connectivity index (χ0v) is 12.3. The molecule has 1 aromatic heterocycles. The van der Waals surface area contributed by atoms with Crippen LogP contribution < -0.4 is 16.0 Å². The van der Waals surface area contributed by atoms with E-state index < -0.39 is 0 Å². The Labute approximate surface area is 114 Å². The molecule has 0 unspecified atom stereocenters. The fourth-order valence-corrected chi connectivity index (χ4v) is 1.43. The van der Waals surface area contributed by atoms with Crippen LogP contribution in [0.1, 0.15) is 33.0 Å². The van der Waals surface area contributed by atoms with Gasteiger partial charge in [-0.2, -0.15) is 0 Å². The van der Waals surface area contributed by atoms with Crippen molar-refractivity contribution in [3.8, 4) is 0 Å². The summed E-state index contributed by atoms with van der Waals surface area (Å²) in [5.41, 5.74) is -0.121. The minimum absolute atomic E-state index is 0.00596. The molecule has 1 rings (SSSR count). The van der Waals surface area contributed by atoms with Crippen molar-refractivity contribution >= 4 is 17.5 Å². The summed E-state index contributed by atoms with van der Waals surface area (Å²) in [5, 5.41) is 8.75. The molecule has 0 saturated heterocycles. The minimum Gasteiger partial charge on any atom is -0.373 e. The van der Waals surface area contributed by atoms with Crippen molar-refractivity contribution in [1.82, 2.24) is 15.3 Å². The first kappa shape index (κ1) is 15.2. The molecule has 0 atom stereocenters. The molecule has 6 nitrogen and oxygen atoms in total. The maximum Gasteiger partial charge on any atom is 0.221 e. The van der Waals surface area contributed by atoms with Gasteiger partial charge >= 0.3 is 0 Å². The summed E-state index contributed by atoms with van der Waals surface area (Å²) in [6.45, 7) is 6.74. The molecule has 1 amide bonds. The van der Waals surface area contributed by atoms with E-state index in [1.54, 1.807) is 7.05 Å². The van der Waals surface area contributed by atoms with Crippen molar-refractivity contribution in [2.24, 2.45) is 0 Å². The first-order chi connectivity index (χ1) is 8.86. The SMILES string of the molecule is CNC(=O)CCNc1cc(NC)nc(C(C)(C)C)n1. The van der Waals surface area contributed by atoms with Gasteiger partial charge in [0.2, 0.25) is 5.91 Å². The van der Waals surface area contributed by atoms with Crippen molar-refractivity contribution < 1.29 is 4.79 Å². The molecule has 0 aromatic carbocycles. The Morgan fingerprint density at radius 2 is 1.84 bits per heavy atom. The fourth-order valence-electron chi connectivity index (χ4n) is 1.43. The van der Waals surface area contributed by atoms with Crippen LogP contribution in [0.15, 0.2) is 6.07 Å². The van der Waals surface area contributed by atoms with Crippen LogP contribution in [0, 0.1) is 0 Å². The number of hydrogen-bond acceptors (Lipinski definition) is 5. The van der Waals surface area contributed by atoms with Gasteiger partial charge in [0.25, 0.3) is 0 Å². The third kappa shape index (κ3) is 4.73. The molecule has 6 heteroatoms. The van der Waals surface area contributed by atoms with Crippen molar-refractivity contribution in [1.29, 1.82) is 0 Å². The van der Waals surface area contributed by atoms with E-state index in [4.69, 9.17) is 0 Å². The Balaban J connectivity index is 2.80. The highest BCUT2D eigenvalue weighted by atomic mass is 16.1. The van der Waals surface area contributed by atoms with E-state index in [1.807, 2.05) is 13.1 Å². The first-order valence-electron chi connectivity index (χ1n) is 6.38. The van der Waals surface area contributed by atoms with Crippen LogP contribution in [0.4, 0.5) is 11.6 Å². The molecule has 19 heavy (non-hydrogen) atoms. The summed E-state index contributed by atoms with van der Waals surface area (Å²) in [7, 11) is 3.45. The van der Waals surface area contributed by atoms with E-state index in [2.05, 4.69) is 46.7 Å². The van der Waals surface area contributed by atoms with Gasteiger partial charge in [-0.15, -0.1) is 0 Å². The second-order valence-electron chi connectivity index (χ2n) is 5.31. The molecule has 1 aromatic rings. The number of amides is 1. The van der Waals surface area contributed by atoms with Gasteiger partial charge in [-0.25, -0.2) is 9.97 Å². The van der Waals surface area contributed by atoms with Gasteiger partial charge in [-0.3, -0.25) is 4.79 Å². The smallest absolute Gasteiger partial charge is 0.221 e. The molecule has 1 heterocycles. The largest absolute Gasteiger partial charge is 0.373 e. The number of nitrogens with one attached hydrogen (secondary N) is 3. The van der Waals surface area contributed by atoms with E-state index >= 15 is 0 Å². The molecule has 0 aliphatic heterocycles. The predicted octanol–water partition coefficient (Wildman–Crippen LogP) is 1.36. The highest BCUT2D eigenvalue weighted by Crippen LogP contribution is 2.21. The number of hydrogen-bond donors (Lipinski definition) is 3. The molecule has 106 valence electrons. The summed E-state index contributed by atoms with van der Waals surface area (Å²) < 4.78 is 0. The molecular weight excluding hydrogens is 242 g/mol. The highest BCUT2D eigenvalue weighted by Gasteiger charge is 2.18. The average molecular weight is 265 g/mol. The van der Waals surface area contributed by atoms with Gasteiger partial charge in [0.05, 0.1) is 0 Å². The number of nitrogens with zero attached hydrogens (tertiary/aromatic N) is 2.